The van der Waals surface area contributed by atoms with Crippen molar-refractivity contribution in [3.8, 4) is 0 Å². The second-order valence-corrected chi connectivity index (χ2v) is 0.848. The summed E-state index contributed by atoms with van der Waals surface area (Å²) in [6, 6.07) is 0. The molecule has 7 heavy (non-hydrogen) atoms. The summed E-state index contributed by atoms with van der Waals surface area (Å²) >= 11 is 0. The van der Waals surface area contributed by atoms with Gasteiger partial charge in [-0.15, -0.1) is 0 Å². The molecule has 7 heteroatoms. The third-order valence-corrected chi connectivity index (χ3v) is 0. The van der Waals surface area contributed by atoms with Crippen LogP contribution < -0.4 is 0 Å². The first-order chi connectivity index (χ1) is 1.73. The third-order valence-electron chi connectivity index (χ3n) is 0. The summed E-state index contributed by atoms with van der Waals surface area (Å²) in [7, 11) is -3.13. The Bertz CT molecular complexity index is 44.8. The van der Waals surface area contributed by atoms with Crippen molar-refractivity contribution in [1.82, 2.24) is 0 Å². The molecule has 0 heterocycles. The zero-order valence-corrected chi connectivity index (χ0v) is 6.38. The van der Waals surface area contributed by atoms with Gasteiger partial charge in [0.05, 0.1) is 0 Å². The molecule has 0 bridgehead atoms. The van der Waals surface area contributed by atoms with Crippen molar-refractivity contribution < 1.29 is 34.0 Å². The summed E-state index contributed by atoms with van der Waals surface area (Å²) in [5.41, 5.74) is 0. The fourth-order valence-electron chi connectivity index (χ4n) is 0. The minimum atomic E-state index is -3.13. The van der Waals surface area contributed by atoms with Crippen LogP contribution in [0.5, 0.6) is 0 Å². The molecule has 0 atom stereocenters. The Morgan fingerprint density at radius 1 is 1.43 bits per heavy atom. The van der Waals surface area contributed by atoms with Gasteiger partial charge in [0.25, 0.3) is 0 Å². The molecule has 0 aromatic rings. The molecule has 0 aromatic heterocycles. The van der Waals surface area contributed by atoms with Crippen LogP contribution in [0.4, 0.5) is 0 Å². The monoisotopic (exact) mass is 190 g/mol. The minimum absolute atomic E-state index is 0. The smallest absolute Gasteiger partial charge is 1.00 e. The molecule has 0 radical (unpaired) electrons. The van der Waals surface area contributed by atoms with E-state index in [4.69, 9.17) is 14.1 Å². The van der Waals surface area contributed by atoms with E-state index in [1.54, 1.807) is 0 Å². The minimum Gasteiger partial charge on any atom is -1.00 e. The standard InChI is InChI=1S/Al.Fe.Mg.H2O3Si.5H/c;;;1-4(2)3;;;;;/h;;;1-2H;;;;;/q;;+2;;;;;2*-1. The molecule has 0 aromatic carbocycles. The molecule has 0 aliphatic carbocycles. The molecular weight excluding hydrogens is 183 g/mol. The zero-order valence-electron chi connectivity index (χ0n) is 4.86. The van der Waals surface area contributed by atoms with Gasteiger partial charge in [0.15, 0.2) is 17.4 Å². The maximum atomic E-state index is 8.74. The summed E-state index contributed by atoms with van der Waals surface area (Å²) in [4.78, 5) is 14.3. The van der Waals surface area contributed by atoms with Gasteiger partial charge in [-0.25, -0.2) is 0 Å². The van der Waals surface area contributed by atoms with E-state index in [1.165, 1.54) is 0 Å². The van der Waals surface area contributed by atoms with Crippen molar-refractivity contribution in [1.29, 1.82) is 0 Å². The number of hydrogen-bond acceptors (Lipinski definition) is 1. The fraction of sp³-hybridized carbons (Fsp3) is 0. The molecular formula is H7AlFeMgO3Si. The molecule has 0 aliphatic heterocycles. The van der Waals surface area contributed by atoms with Gasteiger partial charge < -0.3 is 12.4 Å². The van der Waals surface area contributed by atoms with E-state index in [1.807, 2.05) is 0 Å². The van der Waals surface area contributed by atoms with E-state index < -0.39 is 9.17 Å². The Labute approximate surface area is 83.1 Å². The van der Waals surface area contributed by atoms with Crippen LogP contribution in [-0.4, -0.2) is 59.2 Å². The van der Waals surface area contributed by atoms with Crippen LogP contribution >= 0.6 is 0 Å². The average molecular weight is 190 g/mol. The van der Waals surface area contributed by atoms with Gasteiger partial charge >= 0.3 is 32.2 Å². The first-order valence-electron chi connectivity index (χ1n) is 0.651. The van der Waals surface area contributed by atoms with Crippen LogP contribution in [0.1, 0.15) is 2.85 Å². The molecule has 0 amide bonds. The predicted octanol–water partition coefficient (Wildman–Crippen LogP) is -2.96. The molecule has 0 saturated carbocycles. The van der Waals surface area contributed by atoms with Crippen LogP contribution in [0.15, 0.2) is 0 Å². The second-order valence-electron chi connectivity index (χ2n) is 0.283. The van der Waals surface area contributed by atoms with Gasteiger partial charge in [-0.3, -0.25) is 4.46 Å². The van der Waals surface area contributed by atoms with E-state index in [-0.39, 0.29) is 60.3 Å². The Morgan fingerprint density at radius 2 is 1.43 bits per heavy atom. The summed E-state index contributed by atoms with van der Waals surface area (Å²) in [6.45, 7) is 0. The van der Waals surface area contributed by atoms with Crippen molar-refractivity contribution in [3.63, 3.8) is 0 Å². The van der Waals surface area contributed by atoms with Crippen molar-refractivity contribution in [2.45, 2.75) is 0 Å². The Hall–Kier alpha value is 1.44. The van der Waals surface area contributed by atoms with Gasteiger partial charge in [-0.2, -0.15) is 0 Å². The SMILES string of the molecule is O=[Si](O)O.[AlH3].[Fe].[H-].[H-].[Mg+2]. The summed E-state index contributed by atoms with van der Waals surface area (Å²) in [5.74, 6) is 0. The molecule has 0 saturated heterocycles. The quantitative estimate of drug-likeness (QED) is 0.401. The van der Waals surface area contributed by atoms with E-state index in [0.717, 1.165) is 0 Å². The van der Waals surface area contributed by atoms with E-state index in [2.05, 4.69) is 0 Å². The van der Waals surface area contributed by atoms with Crippen molar-refractivity contribution in [3.05, 3.63) is 0 Å². The zero-order chi connectivity index (χ0) is 3.58. The van der Waals surface area contributed by atoms with Crippen LogP contribution in [0.3, 0.4) is 0 Å². The summed E-state index contributed by atoms with van der Waals surface area (Å²) in [5, 5.41) is 0. The van der Waals surface area contributed by atoms with Crippen LogP contribution in [0, 0.1) is 0 Å². The molecule has 0 fully saturated rings. The Kier molecular flexibility index (Phi) is 53.0. The first-order valence-corrected chi connectivity index (χ1v) is 1.95. The van der Waals surface area contributed by atoms with Crippen molar-refractivity contribution >= 4 is 49.6 Å². The normalized spacial score (nSPS) is 3.43. The van der Waals surface area contributed by atoms with Crippen LogP contribution in [0.2, 0.25) is 0 Å². The predicted molar refractivity (Wildman–Crippen MR) is 28.8 cm³/mol. The van der Waals surface area contributed by atoms with E-state index in [0.29, 0.717) is 0 Å². The maximum Gasteiger partial charge on any atom is 2.00 e. The summed E-state index contributed by atoms with van der Waals surface area (Å²) in [6.07, 6.45) is 0. The summed E-state index contributed by atoms with van der Waals surface area (Å²) < 4.78 is 8.74. The van der Waals surface area contributed by atoms with Crippen molar-refractivity contribution in [2.24, 2.45) is 0 Å². The third kappa shape index (κ3) is 107. The molecule has 0 rings (SSSR count). The molecule has 0 spiro atoms. The molecule has 2 N–H and O–H groups in total. The molecule has 42 valence electrons. The number of hydrogen-bond donors (Lipinski definition) is 2. The topological polar surface area (TPSA) is 57.5 Å². The van der Waals surface area contributed by atoms with Gasteiger partial charge in [0.2, 0.25) is 0 Å². The van der Waals surface area contributed by atoms with Gasteiger partial charge in [0, 0.05) is 17.1 Å². The second kappa shape index (κ2) is 15.7. The Balaban J connectivity index is -0.00000000450. The van der Waals surface area contributed by atoms with E-state index >= 15 is 0 Å². The first kappa shape index (κ1) is 23.7. The number of rotatable bonds is 0. The molecule has 0 aliphatic rings. The van der Waals surface area contributed by atoms with Gasteiger partial charge in [-0.1, -0.05) is 0 Å². The average Bonchev–Trinajstić information content (AvgIpc) is 0.811. The fourth-order valence-corrected chi connectivity index (χ4v) is 0. The Morgan fingerprint density at radius 3 is 1.43 bits per heavy atom. The maximum absolute atomic E-state index is 8.74. The van der Waals surface area contributed by atoms with Crippen molar-refractivity contribution in [2.75, 3.05) is 0 Å². The van der Waals surface area contributed by atoms with Crippen LogP contribution in [0.25, 0.3) is 0 Å². The molecule has 3 nitrogen and oxygen atoms in total. The van der Waals surface area contributed by atoms with Crippen LogP contribution in [-0.2, 0) is 21.5 Å². The van der Waals surface area contributed by atoms with Gasteiger partial charge in [0.1, 0.15) is 0 Å². The molecule has 0 unspecified atom stereocenters. The van der Waals surface area contributed by atoms with E-state index in [9.17, 15) is 0 Å². The van der Waals surface area contributed by atoms with Gasteiger partial charge in [-0.05, 0) is 0 Å². The largest absolute Gasteiger partial charge is 2.00 e.